The summed E-state index contributed by atoms with van der Waals surface area (Å²) in [5.41, 5.74) is 1.99. The van der Waals surface area contributed by atoms with E-state index in [1.807, 2.05) is 43.1 Å². The number of hydrogen-bond acceptors (Lipinski definition) is 2. The van der Waals surface area contributed by atoms with Gasteiger partial charge in [-0.3, -0.25) is 4.79 Å². The van der Waals surface area contributed by atoms with Gasteiger partial charge in [-0.1, -0.05) is 17.7 Å². The molecule has 2 rings (SSSR count). The Hall–Kier alpha value is -1.06. The number of nitrogens with zero attached hydrogens (tertiary/aromatic N) is 1. The molecule has 3 nitrogen and oxygen atoms in total. The molecule has 0 radical (unpaired) electrons. The number of amides is 1. The lowest BCUT2D eigenvalue weighted by Gasteiger charge is -2.31. The number of aryl methyl sites for hydroxylation is 1. The van der Waals surface area contributed by atoms with Gasteiger partial charge in [0.2, 0.25) is 0 Å². The fourth-order valence-electron chi connectivity index (χ4n) is 2.25. The molecule has 1 aromatic carbocycles. The number of hydrogen-bond donors (Lipinski definition) is 1. The first-order valence-corrected chi connectivity index (χ1v) is 6.24. The molecule has 1 amide bonds. The third-order valence-corrected chi connectivity index (χ3v) is 3.49. The largest absolute Gasteiger partial charge is 0.339 e. The van der Waals surface area contributed by atoms with Crippen molar-refractivity contribution >= 4 is 18.3 Å². The molecule has 0 aliphatic carbocycles. The minimum Gasteiger partial charge on any atom is -0.339 e. The Morgan fingerprint density at radius 1 is 1.22 bits per heavy atom. The van der Waals surface area contributed by atoms with E-state index in [0.717, 1.165) is 31.5 Å². The number of carbonyl (C=O) groups is 1. The van der Waals surface area contributed by atoms with Gasteiger partial charge in [0.05, 0.1) is 0 Å². The zero-order chi connectivity index (χ0) is 12.3. The molecule has 1 fully saturated rings. The van der Waals surface area contributed by atoms with Crippen LogP contribution < -0.4 is 5.32 Å². The van der Waals surface area contributed by atoms with Crippen molar-refractivity contribution < 1.29 is 4.79 Å². The van der Waals surface area contributed by atoms with Crippen LogP contribution in [0.15, 0.2) is 24.3 Å². The molecule has 1 heterocycles. The van der Waals surface area contributed by atoms with Crippen LogP contribution in [0.2, 0.25) is 0 Å². The minimum absolute atomic E-state index is 0. The standard InChI is InChI=1S/C14H20N2O.ClH/c1-11-3-5-12(6-4-11)14(17)16-9-7-13(15-2)8-10-16;/h3-6,13,15H,7-10H2,1-2H3;1H. The number of piperidine rings is 1. The molecule has 1 aromatic rings. The predicted molar refractivity (Wildman–Crippen MR) is 76.4 cm³/mol. The number of rotatable bonds is 2. The zero-order valence-electron chi connectivity index (χ0n) is 11.0. The molecule has 1 N–H and O–H groups in total. The normalized spacial score (nSPS) is 16.2. The van der Waals surface area contributed by atoms with Gasteiger partial charge in [-0.15, -0.1) is 12.4 Å². The molecule has 0 bridgehead atoms. The van der Waals surface area contributed by atoms with Crippen LogP contribution in [0.4, 0.5) is 0 Å². The second-order valence-electron chi connectivity index (χ2n) is 4.72. The quantitative estimate of drug-likeness (QED) is 0.892. The van der Waals surface area contributed by atoms with Crippen molar-refractivity contribution in [2.24, 2.45) is 0 Å². The Balaban J connectivity index is 0.00000162. The highest BCUT2D eigenvalue weighted by molar-refractivity contribution is 5.94. The fourth-order valence-corrected chi connectivity index (χ4v) is 2.25. The zero-order valence-corrected chi connectivity index (χ0v) is 11.8. The van der Waals surface area contributed by atoms with E-state index in [1.165, 1.54) is 5.56 Å². The van der Waals surface area contributed by atoms with Gasteiger partial charge in [0.1, 0.15) is 0 Å². The lowest BCUT2D eigenvalue weighted by atomic mass is 10.0. The van der Waals surface area contributed by atoms with Crippen molar-refractivity contribution in [3.8, 4) is 0 Å². The molecule has 4 heteroatoms. The van der Waals surface area contributed by atoms with Gasteiger partial charge in [-0.2, -0.15) is 0 Å². The minimum atomic E-state index is 0. The van der Waals surface area contributed by atoms with E-state index in [0.29, 0.717) is 6.04 Å². The molecule has 1 saturated heterocycles. The van der Waals surface area contributed by atoms with E-state index in [1.54, 1.807) is 0 Å². The predicted octanol–water partition coefficient (Wildman–Crippen LogP) is 2.24. The van der Waals surface area contributed by atoms with Gasteiger partial charge in [0.25, 0.3) is 5.91 Å². The first kappa shape index (κ1) is 15.0. The first-order valence-electron chi connectivity index (χ1n) is 6.24. The van der Waals surface area contributed by atoms with E-state index < -0.39 is 0 Å². The monoisotopic (exact) mass is 268 g/mol. The van der Waals surface area contributed by atoms with E-state index >= 15 is 0 Å². The summed E-state index contributed by atoms with van der Waals surface area (Å²) in [5, 5.41) is 3.27. The summed E-state index contributed by atoms with van der Waals surface area (Å²) in [6.45, 7) is 3.75. The molecule has 0 spiro atoms. The van der Waals surface area contributed by atoms with E-state index in [9.17, 15) is 4.79 Å². The molecule has 100 valence electrons. The van der Waals surface area contributed by atoms with Crippen molar-refractivity contribution in [1.29, 1.82) is 0 Å². The lowest BCUT2D eigenvalue weighted by Crippen LogP contribution is -2.43. The van der Waals surface area contributed by atoms with Crippen LogP contribution >= 0.6 is 12.4 Å². The number of benzene rings is 1. The van der Waals surface area contributed by atoms with Crippen molar-refractivity contribution in [2.45, 2.75) is 25.8 Å². The molecule has 0 aromatic heterocycles. The number of nitrogens with one attached hydrogen (secondary N) is 1. The van der Waals surface area contributed by atoms with Crippen LogP contribution in [0.1, 0.15) is 28.8 Å². The highest BCUT2D eigenvalue weighted by Crippen LogP contribution is 2.14. The van der Waals surface area contributed by atoms with Gasteiger partial charge >= 0.3 is 0 Å². The topological polar surface area (TPSA) is 32.3 Å². The highest BCUT2D eigenvalue weighted by atomic mass is 35.5. The Kier molecular flexibility index (Phi) is 5.63. The SMILES string of the molecule is CNC1CCN(C(=O)c2ccc(C)cc2)CC1.Cl. The number of likely N-dealkylation sites (tertiary alicyclic amines) is 1. The third-order valence-electron chi connectivity index (χ3n) is 3.49. The molecule has 0 atom stereocenters. The maximum atomic E-state index is 12.2. The summed E-state index contributed by atoms with van der Waals surface area (Å²) in [7, 11) is 1.99. The van der Waals surface area contributed by atoms with Crippen LogP contribution in [-0.2, 0) is 0 Å². The maximum Gasteiger partial charge on any atom is 0.253 e. The highest BCUT2D eigenvalue weighted by Gasteiger charge is 2.22. The van der Waals surface area contributed by atoms with E-state index in [2.05, 4.69) is 5.32 Å². The summed E-state index contributed by atoms with van der Waals surface area (Å²) in [6, 6.07) is 8.39. The summed E-state index contributed by atoms with van der Waals surface area (Å²) >= 11 is 0. The van der Waals surface area contributed by atoms with Crippen LogP contribution in [0.5, 0.6) is 0 Å². The molecule has 1 aliphatic rings. The molecular weight excluding hydrogens is 248 g/mol. The number of halogens is 1. The molecule has 0 unspecified atom stereocenters. The summed E-state index contributed by atoms with van der Waals surface area (Å²) in [4.78, 5) is 14.2. The summed E-state index contributed by atoms with van der Waals surface area (Å²) in [6.07, 6.45) is 2.10. The average molecular weight is 269 g/mol. The van der Waals surface area contributed by atoms with Crippen molar-refractivity contribution in [3.63, 3.8) is 0 Å². The van der Waals surface area contributed by atoms with Gasteiger partial charge in [-0.05, 0) is 38.9 Å². The fraction of sp³-hybridized carbons (Fsp3) is 0.500. The van der Waals surface area contributed by atoms with Crippen LogP contribution in [0.25, 0.3) is 0 Å². The van der Waals surface area contributed by atoms with Crippen molar-refractivity contribution in [3.05, 3.63) is 35.4 Å². The van der Waals surface area contributed by atoms with Crippen LogP contribution in [-0.4, -0.2) is 37.0 Å². The molecule has 1 aliphatic heterocycles. The average Bonchev–Trinajstić information content (AvgIpc) is 2.39. The summed E-state index contributed by atoms with van der Waals surface area (Å²) < 4.78 is 0. The van der Waals surface area contributed by atoms with Gasteiger partial charge in [0.15, 0.2) is 0 Å². The van der Waals surface area contributed by atoms with Gasteiger partial charge in [-0.25, -0.2) is 0 Å². The molecule has 18 heavy (non-hydrogen) atoms. The third kappa shape index (κ3) is 3.47. The molecule has 0 saturated carbocycles. The van der Waals surface area contributed by atoms with E-state index in [4.69, 9.17) is 0 Å². The number of carbonyl (C=O) groups excluding carboxylic acids is 1. The Morgan fingerprint density at radius 3 is 2.28 bits per heavy atom. The Labute approximate surface area is 115 Å². The van der Waals surface area contributed by atoms with Gasteiger partial charge in [0, 0.05) is 24.7 Å². The maximum absolute atomic E-state index is 12.2. The summed E-state index contributed by atoms with van der Waals surface area (Å²) in [5.74, 6) is 0.166. The van der Waals surface area contributed by atoms with Crippen molar-refractivity contribution in [2.75, 3.05) is 20.1 Å². The van der Waals surface area contributed by atoms with Gasteiger partial charge < -0.3 is 10.2 Å². The Morgan fingerprint density at radius 2 is 1.78 bits per heavy atom. The van der Waals surface area contributed by atoms with Crippen LogP contribution in [0, 0.1) is 6.92 Å². The first-order chi connectivity index (χ1) is 8.20. The second-order valence-corrected chi connectivity index (χ2v) is 4.72. The Bertz CT molecular complexity index is 383. The molecular formula is C14H21ClN2O. The van der Waals surface area contributed by atoms with E-state index in [-0.39, 0.29) is 18.3 Å². The smallest absolute Gasteiger partial charge is 0.253 e. The van der Waals surface area contributed by atoms with Crippen LogP contribution in [0.3, 0.4) is 0 Å². The second kappa shape index (κ2) is 6.76. The van der Waals surface area contributed by atoms with Crippen molar-refractivity contribution in [1.82, 2.24) is 10.2 Å². The lowest BCUT2D eigenvalue weighted by molar-refractivity contribution is 0.0707.